The summed E-state index contributed by atoms with van der Waals surface area (Å²) in [5.74, 6) is -0.170. The zero-order valence-electron chi connectivity index (χ0n) is 9.57. The maximum atomic E-state index is 12.0. The van der Waals surface area contributed by atoms with Crippen LogP contribution >= 0.6 is 15.9 Å². The van der Waals surface area contributed by atoms with Crippen LogP contribution in [0.15, 0.2) is 34.9 Å². The molecule has 0 aliphatic heterocycles. The first-order chi connectivity index (χ1) is 8.09. The largest absolute Gasteiger partial charge is 0.320 e. The Morgan fingerprint density at radius 1 is 1.41 bits per heavy atom. The van der Waals surface area contributed by atoms with Crippen molar-refractivity contribution in [2.24, 2.45) is 7.05 Å². The van der Waals surface area contributed by atoms with Gasteiger partial charge in [0.15, 0.2) is 0 Å². The van der Waals surface area contributed by atoms with Crippen molar-refractivity contribution in [2.75, 3.05) is 5.32 Å². The molecule has 0 saturated heterocycles. The highest BCUT2D eigenvalue weighted by atomic mass is 79.9. The van der Waals surface area contributed by atoms with E-state index in [0.29, 0.717) is 5.69 Å². The molecule has 5 heteroatoms. The molecule has 0 aliphatic carbocycles. The number of aromatic nitrogens is 2. The molecule has 0 bridgehead atoms. The van der Waals surface area contributed by atoms with Crippen LogP contribution in [-0.2, 0) is 7.05 Å². The molecule has 1 amide bonds. The number of nitrogens with one attached hydrogen (secondary N) is 1. The fraction of sp³-hybridized carbons (Fsp3) is 0.167. The van der Waals surface area contributed by atoms with Crippen LogP contribution in [0.5, 0.6) is 0 Å². The first kappa shape index (κ1) is 11.9. The number of hydrogen-bond donors (Lipinski definition) is 1. The van der Waals surface area contributed by atoms with Gasteiger partial charge in [-0.25, -0.2) is 0 Å². The molecule has 0 spiro atoms. The molecule has 0 saturated carbocycles. The van der Waals surface area contributed by atoms with Gasteiger partial charge >= 0.3 is 0 Å². The number of aryl methyl sites for hydroxylation is 2. The zero-order chi connectivity index (χ0) is 12.4. The van der Waals surface area contributed by atoms with Crippen LogP contribution in [0.25, 0.3) is 0 Å². The Balaban J connectivity index is 2.25. The molecule has 2 rings (SSSR count). The first-order valence-electron chi connectivity index (χ1n) is 5.14. The lowest BCUT2D eigenvalue weighted by Gasteiger charge is -2.09. The summed E-state index contributed by atoms with van der Waals surface area (Å²) in [6, 6.07) is 7.41. The Morgan fingerprint density at radius 3 is 2.82 bits per heavy atom. The minimum absolute atomic E-state index is 0.170. The van der Waals surface area contributed by atoms with Crippen LogP contribution in [0.4, 0.5) is 5.69 Å². The number of nitrogens with zero attached hydrogens (tertiary/aromatic N) is 2. The van der Waals surface area contributed by atoms with E-state index in [1.807, 2.05) is 25.1 Å². The third kappa shape index (κ3) is 2.39. The van der Waals surface area contributed by atoms with Crippen molar-refractivity contribution in [2.45, 2.75) is 6.92 Å². The molecule has 0 radical (unpaired) electrons. The standard InChI is InChI=1S/C12H12BrN3O/c1-8-4-3-5-9(11(8)13)15-12(17)10-6-7-14-16(10)2/h3-7H,1-2H3,(H,15,17). The smallest absolute Gasteiger partial charge is 0.273 e. The van der Waals surface area contributed by atoms with Crippen LogP contribution < -0.4 is 5.32 Å². The van der Waals surface area contributed by atoms with Crippen LogP contribution in [0.1, 0.15) is 16.1 Å². The van der Waals surface area contributed by atoms with Gasteiger partial charge in [0.1, 0.15) is 5.69 Å². The highest BCUT2D eigenvalue weighted by molar-refractivity contribution is 9.10. The third-order valence-electron chi connectivity index (χ3n) is 2.49. The monoisotopic (exact) mass is 293 g/mol. The third-order valence-corrected chi connectivity index (χ3v) is 3.55. The summed E-state index contributed by atoms with van der Waals surface area (Å²) in [5, 5.41) is 6.81. The average Bonchev–Trinajstić information content (AvgIpc) is 2.71. The molecule has 1 N–H and O–H groups in total. The Kier molecular flexibility index (Phi) is 3.28. The molecular formula is C12H12BrN3O. The summed E-state index contributed by atoms with van der Waals surface area (Å²) < 4.78 is 2.44. The second-order valence-corrected chi connectivity index (χ2v) is 4.52. The van der Waals surface area contributed by atoms with Gasteiger partial charge in [0.25, 0.3) is 5.91 Å². The van der Waals surface area contributed by atoms with Gasteiger partial charge in [-0.1, -0.05) is 12.1 Å². The van der Waals surface area contributed by atoms with E-state index in [-0.39, 0.29) is 5.91 Å². The molecule has 0 fully saturated rings. The molecule has 17 heavy (non-hydrogen) atoms. The minimum Gasteiger partial charge on any atom is -0.320 e. The molecule has 0 atom stereocenters. The van der Waals surface area contributed by atoms with E-state index in [9.17, 15) is 4.79 Å². The van der Waals surface area contributed by atoms with Gasteiger partial charge < -0.3 is 5.32 Å². The van der Waals surface area contributed by atoms with Crippen molar-refractivity contribution in [1.82, 2.24) is 9.78 Å². The highest BCUT2D eigenvalue weighted by Crippen LogP contribution is 2.26. The van der Waals surface area contributed by atoms with Crippen molar-refractivity contribution < 1.29 is 4.79 Å². The second-order valence-electron chi connectivity index (χ2n) is 3.73. The number of carbonyl (C=O) groups is 1. The molecule has 1 aromatic carbocycles. The second kappa shape index (κ2) is 4.71. The number of anilines is 1. The van der Waals surface area contributed by atoms with E-state index in [2.05, 4.69) is 26.3 Å². The SMILES string of the molecule is Cc1cccc(NC(=O)c2ccnn2C)c1Br. The summed E-state index contributed by atoms with van der Waals surface area (Å²) in [5.41, 5.74) is 2.36. The van der Waals surface area contributed by atoms with E-state index >= 15 is 0 Å². The van der Waals surface area contributed by atoms with Crippen LogP contribution in [0, 0.1) is 6.92 Å². The normalized spacial score (nSPS) is 10.3. The summed E-state index contributed by atoms with van der Waals surface area (Å²) in [7, 11) is 1.74. The summed E-state index contributed by atoms with van der Waals surface area (Å²) in [6.07, 6.45) is 1.60. The molecule has 0 aliphatic rings. The fourth-order valence-electron chi connectivity index (χ4n) is 1.53. The Labute approximate surface area is 108 Å². The number of hydrogen-bond acceptors (Lipinski definition) is 2. The lowest BCUT2D eigenvalue weighted by Crippen LogP contribution is -2.16. The first-order valence-corrected chi connectivity index (χ1v) is 5.93. The molecule has 88 valence electrons. The van der Waals surface area contributed by atoms with Crippen molar-refractivity contribution in [1.29, 1.82) is 0 Å². The van der Waals surface area contributed by atoms with Gasteiger partial charge in [-0.05, 0) is 40.5 Å². The van der Waals surface area contributed by atoms with Gasteiger partial charge in [0, 0.05) is 17.7 Å². The van der Waals surface area contributed by atoms with Crippen molar-refractivity contribution in [3.8, 4) is 0 Å². The number of benzene rings is 1. The number of halogens is 1. The predicted octanol–water partition coefficient (Wildman–Crippen LogP) is 2.74. The lowest BCUT2D eigenvalue weighted by atomic mass is 10.2. The van der Waals surface area contributed by atoms with Crippen LogP contribution in [-0.4, -0.2) is 15.7 Å². The fourth-order valence-corrected chi connectivity index (χ4v) is 1.89. The van der Waals surface area contributed by atoms with Crippen molar-refractivity contribution in [3.05, 3.63) is 46.2 Å². The quantitative estimate of drug-likeness (QED) is 0.925. The zero-order valence-corrected chi connectivity index (χ0v) is 11.2. The molecule has 1 heterocycles. The molecule has 2 aromatic rings. The van der Waals surface area contributed by atoms with E-state index in [4.69, 9.17) is 0 Å². The van der Waals surface area contributed by atoms with Gasteiger partial charge in [-0.15, -0.1) is 0 Å². The summed E-state index contributed by atoms with van der Waals surface area (Å²) in [4.78, 5) is 12.0. The van der Waals surface area contributed by atoms with Gasteiger partial charge in [-0.3, -0.25) is 9.48 Å². The summed E-state index contributed by atoms with van der Waals surface area (Å²) in [6.45, 7) is 1.98. The van der Waals surface area contributed by atoms with E-state index in [1.165, 1.54) is 0 Å². The molecule has 1 aromatic heterocycles. The maximum Gasteiger partial charge on any atom is 0.273 e. The van der Waals surface area contributed by atoms with E-state index in [1.54, 1.807) is 24.0 Å². The number of rotatable bonds is 2. The number of carbonyl (C=O) groups excluding carboxylic acids is 1. The predicted molar refractivity (Wildman–Crippen MR) is 70.0 cm³/mol. The summed E-state index contributed by atoms with van der Waals surface area (Å²) >= 11 is 3.45. The van der Waals surface area contributed by atoms with Crippen molar-refractivity contribution >= 4 is 27.5 Å². The van der Waals surface area contributed by atoms with Gasteiger partial charge in [0.05, 0.1) is 5.69 Å². The molecule has 4 nitrogen and oxygen atoms in total. The lowest BCUT2D eigenvalue weighted by molar-refractivity contribution is 0.101. The Bertz CT molecular complexity index is 563. The van der Waals surface area contributed by atoms with Crippen LogP contribution in [0.2, 0.25) is 0 Å². The molecule has 0 unspecified atom stereocenters. The average molecular weight is 294 g/mol. The van der Waals surface area contributed by atoms with Crippen molar-refractivity contribution in [3.63, 3.8) is 0 Å². The Hall–Kier alpha value is -1.62. The number of amides is 1. The van der Waals surface area contributed by atoms with E-state index in [0.717, 1.165) is 15.7 Å². The van der Waals surface area contributed by atoms with E-state index < -0.39 is 0 Å². The topological polar surface area (TPSA) is 46.9 Å². The minimum atomic E-state index is -0.170. The van der Waals surface area contributed by atoms with Gasteiger partial charge in [-0.2, -0.15) is 5.10 Å². The van der Waals surface area contributed by atoms with Crippen LogP contribution in [0.3, 0.4) is 0 Å². The van der Waals surface area contributed by atoms with Gasteiger partial charge in [0.2, 0.25) is 0 Å². The maximum absolute atomic E-state index is 12.0. The highest BCUT2D eigenvalue weighted by Gasteiger charge is 2.11. The molecular weight excluding hydrogens is 282 g/mol. The Morgan fingerprint density at radius 2 is 2.18 bits per heavy atom.